The fourth-order valence-corrected chi connectivity index (χ4v) is 2.80. The van der Waals surface area contributed by atoms with Crippen LogP contribution in [0.1, 0.15) is 41.9 Å². The molecule has 0 saturated heterocycles. The van der Waals surface area contributed by atoms with E-state index in [1.54, 1.807) is 13.0 Å². The molecule has 0 aliphatic carbocycles. The number of amides is 1. The first-order valence-corrected chi connectivity index (χ1v) is 7.49. The normalized spacial score (nSPS) is 10.0. The van der Waals surface area contributed by atoms with Gasteiger partial charge in [-0.2, -0.15) is 0 Å². The zero-order chi connectivity index (χ0) is 15.8. The summed E-state index contributed by atoms with van der Waals surface area (Å²) < 4.78 is 9.40. The monoisotopic (exact) mass is 313 g/mol. The summed E-state index contributed by atoms with van der Waals surface area (Å²) in [5, 5.41) is 2.98. The maximum atomic E-state index is 11.9. The molecule has 0 bridgehead atoms. The van der Waals surface area contributed by atoms with Crippen molar-refractivity contribution in [1.82, 2.24) is 0 Å². The Morgan fingerprint density at radius 1 is 1.29 bits per heavy atom. The van der Waals surface area contributed by atoms with Gasteiger partial charge in [0.2, 0.25) is 5.91 Å². The van der Waals surface area contributed by atoms with Gasteiger partial charge in [0.05, 0.1) is 19.3 Å². The molecular formula is C14H19NO5S. The molecule has 0 atom stereocenters. The number of esters is 2. The van der Waals surface area contributed by atoms with Crippen LogP contribution < -0.4 is 5.32 Å². The molecule has 0 aromatic carbocycles. The summed E-state index contributed by atoms with van der Waals surface area (Å²) >= 11 is 1.32. The quantitative estimate of drug-likeness (QED) is 0.617. The lowest BCUT2D eigenvalue weighted by molar-refractivity contribution is -0.142. The summed E-state index contributed by atoms with van der Waals surface area (Å²) in [6, 6.07) is 1.72. The van der Waals surface area contributed by atoms with E-state index in [-0.39, 0.29) is 13.0 Å². The maximum Gasteiger partial charge on any atom is 0.341 e. The van der Waals surface area contributed by atoms with Gasteiger partial charge in [0.25, 0.3) is 0 Å². The fraction of sp³-hybridized carbons (Fsp3) is 0.500. The van der Waals surface area contributed by atoms with Crippen molar-refractivity contribution < 1.29 is 23.9 Å². The molecule has 0 unspecified atom stereocenters. The zero-order valence-electron chi connectivity index (χ0n) is 12.4. The molecule has 6 nitrogen and oxygen atoms in total. The van der Waals surface area contributed by atoms with Gasteiger partial charge >= 0.3 is 11.9 Å². The molecular weight excluding hydrogens is 294 g/mol. The molecule has 1 rings (SSSR count). The van der Waals surface area contributed by atoms with Gasteiger partial charge in [0.1, 0.15) is 11.4 Å². The Balaban J connectivity index is 2.90. The van der Waals surface area contributed by atoms with E-state index in [9.17, 15) is 14.4 Å². The van der Waals surface area contributed by atoms with Crippen molar-refractivity contribution in [3.63, 3.8) is 0 Å². The molecule has 1 aromatic rings. The number of rotatable bonds is 7. The van der Waals surface area contributed by atoms with E-state index < -0.39 is 17.8 Å². The van der Waals surface area contributed by atoms with E-state index in [0.29, 0.717) is 10.6 Å². The lowest BCUT2D eigenvalue weighted by atomic mass is 10.2. The number of ether oxygens (including phenoxy) is 2. The van der Waals surface area contributed by atoms with Gasteiger partial charge in [-0.3, -0.25) is 9.59 Å². The van der Waals surface area contributed by atoms with Gasteiger partial charge in [0.15, 0.2) is 0 Å². The van der Waals surface area contributed by atoms with Crippen molar-refractivity contribution in [1.29, 1.82) is 0 Å². The second-order valence-corrected chi connectivity index (χ2v) is 5.36. The average Bonchev–Trinajstić information content (AvgIpc) is 2.82. The molecule has 0 radical (unpaired) electrons. The summed E-state index contributed by atoms with van der Waals surface area (Å²) in [4.78, 5) is 35.7. The third kappa shape index (κ3) is 5.18. The van der Waals surface area contributed by atoms with E-state index in [0.717, 1.165) is 17.7 Å². The summed E-state index contributed by atoms with van der Waals surface area (Å²) in [5.41, 5.74) is 0.323. The maximum absolute atomic E-state index is 11.9. The minimum atomic E-state index is -0.629. The highest BCUT2D eigenvalue weighted by atomic mass is 32.1. The molecule has 0 aliphatic rings. The van der Waals surface area contributed by atoms with Gasteiger partial charge in [-0.05, 0) is 19.4 Å². The van der Waals surface area contributed by atoms with Gasteiger partial charge in [-0.15, -0.1) is 11.3 Å². The molecule has 0 fully saturated rings. The molecule has 1 N–H and O–H groups in total. The molecule has 0 saturated carbocycles. The topological polar surface area (TPSA) is 81.7 Å². The van der Waals surface area contributed by atoms with Crippen LogP contribution in [-0.4, -0.2) is 31.6 Å². The number of carbonyl (C=O) groups is 3. The Morgan fingerprint density at radius 3 is 2.57 bits per heavy atom. The summed E-state index contributed by atoms with van der Waals surface area (Å²) in [6.07, 6.45) is 1.35. The Hall–Kier alpha value is -1.89. The molecule has 1 amide bonds. The number of hydrogen-bond donors (Lipinski definition) is 1. The van der Waals surface area contributed by atoms with Crippen molar-refractivity contribution in [2.24, 2.45) is 0 Å². The average molecular weight is 313 g/mol. The molecule has 7 heteroatoms. The van der Waals surface area contributed by atoms with Crippen LogP contribution in [0.4, 0.5) is 5.00 Å². The van der Waals surface area contributed by atoms with E-state index in [2.05, 4.69) is 10.1 Å². The molecule has 1 aromatic heterocycles. The first-order chi connectivity index (χ1) is 10.0. The first kappa shape index (κ1) is 17.2. The van der Waals surface area contributed by atoms with Gasteiger partial charge < -0.3 is 14.8 Å². The number of nitrogens with one attached hydrogen (secondary N) is 1. The van der Waals surface area contributed by atoms with Gasteiger partial charge in [0, 0.05) is 4.88 Å². The second-order valence-electron chi connectivity index (χ2n) is 4.23. The predicted molar refractivity (Wildman–Crippen MR) is 79.5 cm³/mol. The van der Waals surface area contributed by atoms with Crippen molar-refractivity contribution in [3.05, 3.63) is 16.5 Å². The lowest BCUT2D eigenvalue weighted by Crippen LogP contribution is -2.18. The highest BCUT2D eigenvalue weighted by Gasteiger charge is 2.20. The lowest BCUT2D eigenvalue weighted by Gasteiger charge is -2.05. The number of methoxy groups -OCH3 is 1. The van der Waals surface area contributed by atoms with Crippen LogP contribution in [-0.2, 0) is 25.5 Å². The van der Waals surface area contributed by atoms with Crippen LogP contribution in [0.25, 0.3) is 0 Å². The van der Waals surface area contributed by atoms with Crippen LogP contribution >= 0.6 is 11.3 Å². The number of carbonyl (C=O) groups excluding carboxylic acids is 3. The molecule has 0 spiro atoms. The second kappa shape index (κ2) is 8.41. The van der Waals surface area contributed by atoms with E-state index >= 15 is 0 Å². The molecule has 0 aliphatic heterocycles. The number of anilines is 1. The third-order valence-corrected chi connectivity index (χ3v) is 3.67. The minimum Gasteiger partial charge on any atom is -0.469 e. The van der Waals surface area contributed by atoms with Crippen molar-refractivity contribution in [2.75, 3.05) is 19.0 Å². The Kier molecular flexibility index (Phi) is 6.87. The molecule has 21 heavy (non-hydrogen) atoms. The zero-order valence-corrected chi connectivity index (χ0v) is 13.2. The molecule has 116 valence electrons. The minimum absolute atomic E-state index is 0.257. The SMILES string of the molecule is CCCc1cc(C(=O)OCC)c(NC(=O)CC(=O)OC)s1. The highest BCUT2D eigenvalue weighted by molar-refractivity contribution is 7.16. The fourth-order valence-electron chi connectivity index (χ4n) is 1.64. The van der Waals surface area contributed by atoms with E-state index in [4.69, 9.17) is 4.74 Å². The summed E-state index contributed by atoms with van der Waals surface area (Å²) in [6.45, 7) is 4.00. The largest absolute Gasteiger partial charge is 0.469 e. The van der Waals surface area contributed by atoms with Crippen LogP contribution in [0.15, 0.2) is 6.07 Å². The van der Waals surface area contributed by atoms with Crippen molar-refractivity contribution in [3.8, 4) is 0 Å². The Morgan fingerprint density at radius 2 is 2.00 bits per heavy atom. The van der Waals surface area contributed by atoms with Gasteiger partial charge in [-0.25, -0.2) is 4.79 Å². The number of aryl methyl sites for hydroxylation is 1. The Bertz CT molecular complexity index is 523. The van der Waals surface area contributed by atoms with Crippen molar-refractivity contribution >= 4 is 34.2 Å². The summed E-state index contributed by atoms with van der Waals surface area (Å²) in [5.74, 6) is -1.63. The first-order valence-electron chi connectivity index (χ1n) is 6.68. The summed E-state index contributed by atoms with van der Waals surface area (Å²) in [7, 11) is 1.21. The van der Waals surface area contributed by atoms with Crippen LogP contribution in [0.5, 0.6) is 0 Å². The van der Waals surface area contributed by atoms with E-state index in [1.807, 2.05) is 6.92 Å². The van der Waals surface area contributed by atoms with E-state index in [1.165, 1.54) is 18.4 Å². The third-order valence-electron chi connectivity index (χ3n) is 2.56. The van der Waals surface area contributed by atoms with Crippen LogP contribution in [0.2, 0.25) is 0 Å². The van der Waals surface area contributed by atoms with Crippen LogP contribution in [0.3, 0.4) is 0 Å². The smallest absolute Gasteiger partial charge is 0.341 e. The standard InChI is InChI=1S/C14H19NO5S/c1-4-6-9-7-10(14(18)20-5-2)13(21-9)15-11(16)8-12(17)19-3/h7H,4-6,8H2,1-3H3,(H,15,16). The number of hydrogen-bond acceptors (Lipinski definition) is 6. The van der Waals surface area contributed by atoms with Gasteiger partial charge in [-0.1, -0.05) is 13.3 Å². The number of thiophene rings is 1. The van der Waals surface area contributed by atoms with Crippen LogP contribution in [0, 0.1) is 0 Å². The molecule has 1 heterocycles. The highest BCUT2D eigenvalue weighted by Crippen LogP contribution is 2.30. The Labute approximate surface area is 127 Å². The predicted octanol–water partition coefficient (Wildman–Crippen LogP) is 2.38. The van der Waals surface area contributed by atoms with Crippen molar-refractivity contribution in [2.45, 2.75) is 33.1 Å².